The Labute approximate surface area is 167 Å². The summed E-state index contributed by atoms with van der Waals surface area (Å²) in [5, 5.41) is 3.01. The number of nitrogens with one attached hydrogen (secondary N) is 1. The van der Waals surface area contributed by atoms with Gasteiger partial charge in [-0.25, -0.2) is 0 Å². The standard InChI is InChI=1S/C22H31N3O3/c1-16(2)13-19(25-12-4-3-9-21(25)27)22(28)23-18-8-5-7-17(14-18)15-24-11-6-10-20(24)26/h5,7-8,14,16,19H,3-4,6,9-13,15H2,1-2H3,(H,23,28)/t19-/m1/s1. The highest BCUT2D eigenvalue weighted by atomic mass is 16.2. The third-order valence-corrected chi connectivity index (χ3v) is 5.47. The number of anilines is 1. The Morgan fingerprint density at radius 2 is 1.86 bits per heavy atom. The molecule has 1 aromatic carbocycles. The van der Waals surface area contributed by atoms with Crippen LogP contribution in [0.25, 0.3) is 0 Å². The Morgan fingerprint density at radius 1 is 1.07 bits per heavy atom. The number of hydrogen-bond donors (Lipinski definition) is 1. The lowest BCUT2D eigenvalue weighted by molar-refractivity contribution is -0.141. The van der Waals surface area contributed by atoms with E-state index < -0.39 is 6.04 Å². The molecule has 6 heteroatoms. The summed E-state index contributed by atoms with van der Waals surface area (Å²) in [6, 6.07) is 7.22. The van der Waals surface area contributed by atoms with Gasteiger partial charge in [0.05, 0.1) is 0 Å². The van der Waals surface area contributed by atoms with Crippen molar-refractivity contribution >= 4 is 23.4 Å². The Bertz CT molecular complexity index is 731. The molecule has 0 radical (unpaired) electrons. The minimum atomic E-state index is -0.434. The topological polar surface area (TPSA) is 69.7 Å². The summed E-state index contributed by atoms with van der Waals surface area (Å²) in [6.07, 6.45) is 4.57. The lowest BCUT2D eigenvalue weighted by Gasteiger charge is -2.34. The maximum absolute atomic E-state index is 13.0. The second-order valence-electron chi connectivity index (χ2n) is 8.30. The number of benzene rings is 1. The van der Waals surface area contributed by atoms with Gasteiger partial charge < -0.3 is 15.1 Å². The van der Waals surface area contributed by atoms with Gasteiger partial charge in [0.25, 0.3) is 0 Å². The van der Waals surface area contributed by atoms with Crippen LogP contribution in [-0.4, -0.2) is 46.7 Å². The van der Waals surface area contributed by atoms with E-state index in [9.17, 15) is 14.4 Å². The average Bonchev–Trinajstić information content (AvgIpc) is 3.05. The normalized spacial score (nSPS) is 18.7. The third-order valence-electron chi connectivity index (χ3n) is 5.47. The van der Waals surface area contributed by atoms with Gasteiger partial charge in [-0.3, -0.25) is 14.4 Å². The van der Waals surface area contributed by atoms with Crippen molar-refractivity contribution in [3.8, 4) is 0 Å². The molecule has 0 bridgehead atoms. The summed E-state index contributed by atoms with van der Waals surface area (Å²) >= 11 is 0. The fourth-order valence-electron chi connectivity index (χ4n) is 4.04. The Morgan fingerprint density at radius 3 is 2.54 bits per heavy atom. The number of carbonyl (C=O) groups is 3. The Hall–Kier alpha value is -2.37. The third kappa shape index (κ3) is 5.12. The van der Waals surface area contributed by atoms with Gasteiger partial charge in [-0.15, -0.1) is 0 Å². The number of amides is 3. The van der Waals surface area contributed by atoms with Crippen LogP contribution in [0, 0.1) is 5.92 Å². The van der Waals surface area contributed by atoms with Crippen molar-refractivity contribution in [3.63, 3.8) is 0 Å². The van der Waals surface area contributed by atoms with Crippen LogP contribution >= 0.6 is 0 Å². The monoisotopic (exact) mass is 385 g/mol. The molecule has 2 fully saturated rings. The van der Waals surface area contributed by atoms with Crippen molar-refractivity contribution in [1.82, 2.24) is 9.80 Å². The minimum Gasteiger partial charge on any atom is -0.338 e. The molecule has 0 unspecified atom stereocenters. The minimum absolute atomic E-state index is 0.0772. The van der Waals surface area contributed by atoms with E-state index in [0.29, 0.717) is 44.0 Å². The molecule has 1 aromatic rings. The van der Waals surface area contributed by atoms with Crippen LogP contribution in [-0.2, 0) is 20.9 Å². The van der Waals surface area contributed by atoms with Crippen molar-refractivity contribution in [2.75, 3.05) is 18.4 Å². The molecular formula is C22H31N3O3. The quantitative estimate of drug-likeness (QED) is 0.784. The summed E-state index contributed by atoms with van der Waals surface area (Å²) in [4.78, 5) is 40.9. The molecule has 2 saturated heterocycles. The van der Waals surface area contributed by atoms with Crippen LogP contribution in [0.2, 0.25) is 0 Å². The largest absolute Gasteiger partial charge is 0.338 e. The van der Waals surface area contributed by atoms with E-state index in [-0.39, 0.29) is 17.7 Å². The summed E-state index contributed by atoms with van der Waals surface area (Å²) in [6.45, 7) is 6.16. The first-order valence-corrected chi connectivity index (χ1v) is 10.4. The molecule has 2 aliphatic heterocycles. The van der Waals surface area contributed by atoms with Crippen LogP contribution in [0.15, 0.2) is 24.3 Å². The molecule has 3 rings (SSSR count). The van der Waals surface area contributed by atoms with Gasteiger partial charge in [0.2, 0.25) is 17.7 Å². The average molecular weight is 386 g/mol. The van der Waals surface area contributed by atoms with Crippen LogP contribution < -0.4 is 5.32 Å². The van der Waals surface area contributed by atoms with Crippen LogP contribution in [0.4, 0.5) is 5.69 Å². The molecule has 0 saturated carbocycles. The zero-order valence-electron chi connectivity index (χ0n) is 16.9. The molecular weight excluding hydrogens is 354 g/mol. The Kier molecular flexibility index (Phi) is 6.70. The highest BCUT2D eigenvalue weighted by Crippen LogP contribution is 2.22. The fourth-order valence-corrected chi connectivity index (χ4v) is 4.04. The molecule has 3 amide bonds. The molecule has 28 heavy (non-hydrogen) atoms. The lowest BCUT2D eigenvalue weighted by Crippen LogP contribution is -2.49. The van der Waals surface area contributed by atoms with Gasteiger partial charge in [-0.2, -0.15) is 0 Å². The van der Waals surface area contributed by atoms with E-state index in [1.54, 1.807) is 4.90 Å². The Balaban J connectivity index is 1.69. The first-order valence-electron chi connectivity index (χ1n) is 10.4. The maximum atomic E-state index is 13.0. The van der Waals surface area contributed by atoms with E-state index in [1.165, 1.54) is 0 Å². The van der Waals surface area contributed by atoms with Gasteiger partial charge in [0, 0.05) is 38.2 Å². The first-order chi connectivity index (χ1) is 13.4. The molecule has 0 aliphatic carbocycles. The van der Waals surface area contributed by atoms with Crippen molar-refractivity contribution < 1.29 is 14.4 Å². The maximum Gasteiger partial charge on any atom is 0.247 e. The number of piperidine rings is 1. The zero-order valence-corrected chi connectivity index (χ0v) is 16.9. The molecule has 6 nitrogen and oxygen atoms in total. The SMILES string of the molecule is CC(C)C[C@H](C(=O)Nc1cccc(CN2CCCC2=O)c1)N1CCCCC1=O. The van der Waals surface area contributed by atoms with E-state index in [4.69, 9.17) is 0 Å². The predicted octanol–water partition coefficient (Wildman–Crippen LogP) is 3.17. The molecule has 0 aromatic heterocycles. The molecule has 0 spiro atoms. The van der Waals surface area contributed by atoms with E-state index in [2.05, 4.69) is 19.2 Å². The molecule has 152 valence electrons. The highest BCUT2D eigenvalue weighted by molar-refractivity contribution is 5.97. The molecule has 1 atom stereocenters. The van der Waals surface area contributed by atoms with E-state index >= 15 is 0 Å². The predicted molar refractivity (Wildman–Crippen MR) is 109 cm³/mol. The number of likely N-dealkylation sites (tertiary alicyclic amines) is 2. The smallest absolute Gasteiger partial charge is 0.247 e. The van der Waals surface area contributed by atoms with Gasteiger partial charge >= 0.3 is 0 Å². The number of carbonyl (C=O) groups excluding carboxylic acids is 3. The van der Waals surface area contributed by atoms with Crippen molar-refractivity contribution in [3.05, 3.63) is 29.8 Å². The van der Waals surface area contributed by atoms with E-state index in [1.807, 2.05) is 29.2 Å². The van der Waals surface area contributed by atoms with Gasteiger partial charge in [-0.1, -0.05) is 26.0 Å². The van der Waals surface area contributed by atoms with Crippen LogP contribution in [0.3, 0.4) is 0 Å². The van der Waals surface area contributed by atoms with Crippen LogP contribution in [0.5, 0.6) is 0 Å². The van der Waals surface area contributed by atoms with Crippen molar-refractivity contribution in [2.24, 2.45) is 5.92 Å². The van der Waals surface area contributed by atoms with Crippen LogP contribution in [0.1, 0.15) is 57.9 Å². The molecule has 2 heterocycles. The van der Waals surface area contributed by atoms with Gasteiger partial charge in [0.1, 0.15) is 6.04 Å². The summed E-state index contributed by atoms with van der Waals surface area (Å²) in [7, 11) is 0. The van der Waals surface area contributed by atoms with Gasteiger partial charge in [0.15, 0.2) is 0 Å². The van der Waals surface area contributed by atoms with Crippen molar-refractivity contribution in [2.45, 2.75) is 65.0 Å². The zero-order chi connectivity index (χ0) is 20.1. The number of rotatable bonds is 7. The number of nitrogens with zero attached hydrogens (tertiary/aromatic N) is 2. The molecule has 2 aliphatic rings. The first kappa shape index (κ1) is 20.4. The second kappa shape index (κ2) is 9.22. The summed E-state index contributed by atoms with van der Waals surface area (Å²) < 4.78 is 0. The summed E-state index contributed by atoms with van der Waals surface area (Å²) in [5.74, 6) is 0.458. The lowest BCUT2D eigenvalue weighted by atomic mass is 9.98. The molecule has 1 N–H and O–H groups in total. The van der Waals surface area contributed by atoms with Crippen molar-refractivity contribution in [1.29, 1.82) is 0 Å². The van der Waals surface area contributed by atoms with E-state index in [0.717, 1.165) is 31.4 Å². The second-order valence-corrected chi connectivity index (χ2v) is 8.30. The summed E-state index contributed by atoms with van der Waals surface area (Å²) in [5.41, 5.74) is 1.72. The van der Waals surface area contributed by atoms with Gasteiger partial charge in [-0.05, 0) is 49.3 Å². The number of hydrogen-bond acceptors (Lipinski definition) is 3. The highest BCUT2D eigenvalue weighted by Gasteiger charge is 2.32. The fraction of sp³-hybridized carbons (Fsp3) is 0.591.